The van der Waals surface area contributed by atoms with Crippen LogP contribution in [-0.2, 0) is 13.2 Å². The molecule has 1 N–H and O–H groups in total. The van der Waals surface area contributed by atoms with Crippen LogP contribution in [0, 0.1) is 5.92 Å². The van der Waals surface area contributed by atoms with E-state index >= 15 is 0 Å². The van der Waals surface area contributed by atoms with Gasteiger partial charge in [0.1, 0.15) is 12.4 Å². The van der Waals surface area contributed by atoms with Gasteiger partial charge in [-0.15, -0.1) is 0 Å². The Balaban J connectivity index is 1.51. The Hall–Kier alpha value is -1.97. The van der Waals surface area contributed by atoms with Crippen molar-refractivity contribution in [2.75, 3.05) is 13.1 Å². The summed E-state index contributed by atoms with van der Waals surface area (Å²) >= 11 is 5.96. The van der Waals surface area contributed by atoms with Crippen LogP contribution in [0.15, 0.2) is 54.6 Å². The van der Waals surface area contributed by atoms with Crippen molar-refractivity contribution in [3.05, 3.63) is 65.3 Å². The molecule has 0 atom stereocenters. The van der Waals surface area contributed by atoms with E-state index in [1.165, 1.54) is 35.9 Å². The first kappa shape index (κ1) is 17.4. The second-order valence-corrected chi connectivity index (χ2v) is 7.51. The molecule has 0 unspecified atom stereocenters. The summed E-state index contributed by atoms with van der Waals surface area (Å²) < 4.78 is 8.46. The van der Waals surface area contributed by atoms with Crippen LogP contribution in [0.3, 0.4) is 0 Å². The summed E-state index contributed by atoms with van der Waals surface area (Å²) in [6, 6.07) is 18.4. The normalized spacial score (nSPS) is 15.4. The SMILES string of the molecule is Clc1ccc(OCc2cc3ccccc3n2CCC2CCNCC2)cc1. The van der Waals surface area contributed by atoms with Crippen molar-refractivity contribution in [3.8, 4) is 5.75 Å². The van der Waals surface area contributed by atoms with Gasteiger partial charge < -0.3 is 14.6 Å². The number of hydrogen-bond acceptors (Lipinski definition) is 2. The molecular weight excluding hydrogens is 344 g/mol. The van der Waals surface area contributed by atoms with Crippen LogP contribution >= 0.6 is 11.6 Å². The van der Waals surface area contributed by atoms with Crippen molar-refractivity contribution < 1.29 is 4.74 Å². The maximum absolute atomic E-state index is 6.02. The van der Waals surface area contributed by atoms with Crippen molar-refractivity contribution in [2.45, 2.75) is 32.4 Å². The topological polar surface area (TPSA) is 26.2 Å². The highest BCUT2D eigenvalue weighted by molar-refractivity contribution is 6.30. The first-order chi connectivity index (χ1) is 12.8. The Morgan fingerprint density at radius 1 is 1.04 bits per heavy atom. The van der Waals surface area contributed by atoms with Gasteiger partial charge >= 0.3 is 0 Å². The summed E-state index contributed by atoms with van der Waals surface area (Å²) in [5.41, 5.74) is 2.53. The summed E-state index contributed by atoms with van der Waals surface area (Å²) in [6.45, 7) is 3.94. The molecule has 0 bridgehead atoms. The van der Waals surface area contributed by atoms with Crippen LogP contribution in [0.1, 0.15) is 25.0 Å². The highest BCUT2D eigenvalue weighted by Crippen LogP contribution is 2.25. The fourth-order valence-corrected chi connectivity index (χ4v) is 3.95. The maximum atomic E-state index is 6.02. The highest BCUT2D eigenvalue weighted by Gasteiger charge is 2.15. The highest BCUT2D eigenvalue weighted by atomic mass is 35.5. The monoisotopic (exact) mass is 368 g/mol. The van der Waals surface area contributed by atoms with Gasteiger partial charge in [0.05, 0.1) is 5.69 Å². The predicted molar refractivity (Wildman–Crippen MR) is 108 cm³/mol. The van der Waals surface area contributed by atoms with Crippen LogP contribution < -0.4 is 10.1 Å². The lowest BCUT2D eigenvalue weighted by Gasteiger charge is -2.23. The molecule has 0 spiro atoms. The van der Waals surface area contributed by atoms with Gasteiger partial charge in [0, 0.05) is 17.1 Å². The molecule has 1 aliphatic heterocycles. The number of halogens is 1. The molecule has 26 heavy (non-hydrogen) atoms. The quantitative estimate of drug-likeness (QED) is 0.642. The van der Waals surface area contributed by atoms with Gasteiger partial charge in [0.2, 0.25) is 0 Å². The van der Waals surface area contributed by atoms with E-state index in [2.05, 4.69) is 40.2 Å². The molecule has 1 aliphatic rings. The number of nitrogens with zero attached hydrogens (tertiary/aromatic N) is 1. The van der Waals surface area contributed by atoms with Gasteiger partial charge in [0.25, 0.3) is 0 Å². The largest absolute Gasteiger partial charge is 0.487 e. The Labute approximate surface area is 159 Å². The van der Waals surface area contributed by atoms with E-state index in [0.717, 1.165) is 36.3 Å². The van der Waals surface area contributed by atoms with Gasteiger partial charge in [-0.3, -0.25) is 0 Å². The van der Waals surface area contributed by atoms with Crippen molar-refractivity contribution >= 4 is 22.5 Å². The summed E-state index contributed by atoms with van der Waals surface area (Å²) in [6.07, 6.45) is 3.81. The van der Waals surface area contributed by atoms with Gasteiger partial charge in [-0.05, 0) is 80.1 Å². The first-order valence-corrected chi connectivity index (χ1v) is 9.83. The number of nitrogens with one attached hydrogen (secondary N) is 1. The van der Waals surface area contributed by atoms with Gasteiger partial charge in [0.15, 0.2) is 0 Å². The zero-order valence-electron chi connectivity index (χ0n) is 15.0. The fourth-order valence-electron chi connectivity index (χ4n) is 3.82. The Bertz CT molecular complexity index is 850. The van der Waals surface area contributed by atoms with Crippen molar-refractivity contribution in [2.24, 2.45) is 5.92 Å². The third-order valence-corrected chi connectivity index (χ3v) is 5.57. The lowest BCUT2D eigenvalue weighted by molar-refractivity contribution is 0.289. The minimum atomic E-state index is 0.572. The predicted octanol–water partition coefficient (Wildman–Crippen LogP) is 5.26. The molecule has 2 aromatic carbocycles. The minimum Gasteiger partial charge on any atom is -0.487 e. The van der Waals surface area contributed by atoms with Crippen LogP contribution in [0.2, 0.25) is 5.02 Å². The number of fused-ring (bicyclic) bond motifs is 1. The van der Waals surface area contributed by atoms with Crippen molar-refractivity contribution in [3.63, 3.8) is 0 Å². The van der Waals surface area contributed by atoms with Crippen molar-refractivity contribution in [1.29, 1.82) is 0 Å². The summed E-state index contributed by atoms with van der Waals surface area (Å²) in [5, 5.41) is 5.47. The van der Waals surface area contributed by atoms with E-state index in [1.807, 2.05) is 24.3 Å². The zero-order chi connectivity index (χ0) is 17.8. The smallest absolute Gasteiger partial charge is 0.128 e. The maximum Gasteiger partial charge on any atom is 0.128 e. The lowest BCUT2D eigenvalue weighted by atomic mass is 9.95. The molecule has 0 radical (unpaired) electrons. The number of rotatable bonds is 6. The third kappa shape index (κ3) is 4.05. The molecule has 3 nitrogen and oxygen atoms in total. The molecule has 1 fully saturated rings. The second-order valence-electron chi connectivity index (χ2n) is 7.07. The number of aromatic nitrogens is 1. The third-order valence-electron chi connectivity index (χ3n) is 5.32. The number of aryl methyl sites for hydroxylation is 1. The average Bonchev–Trinajstić information content (AvgIpc) is 3.04. The first-order valence-electron chi connectivity index (χ1n) is 9.46. The summed E-state index contributed by atoms with van der Waals surface area (Å²) in [7, 11) is 0. The molecule has 2 heterocycles. The van der Waals surface area contributed by atoms with Crippen LogP contribution in [0.4, 0.5) is 0 Å². The van der Waals surface area contributed by atoms with Gasteiger partial charge in [-0.2, -0.15) is 0 Å². The standard InChI is InChI=1S/C22H25ClN2O/c23-19-5-7-21(8-6-19)26-16-20-15-18-3-1-2-4-22(18)25(20)14-11-17-9-12-24-13-10-17/h1-8,15,17,24H,9-14,16H2. The van der Waals surface area contributed by atoms with Crippen LogP contribution in [0.5, 0.6) is 5.75 Å². The van der Waals surface area contributed by atoms with E-state index in [9.17, 15) is 0 Å². The van der Waals surface area contributed by atoms with E-state index in [4.69, 9.17) is 16.3 Å². The molecule has 4 rings (SSSR count). The second kappa shape index (κ2) is 8.15. The Kier molecular flexibility index (Phi) is 5.47. The average molecular weight is 369 g/mol. The minimum absolute atomic E-state index is 0.572. The molecule has 0 saturated carbocycles. The lowest BCUT2D eigenvalue weighted by Crippen LogP contribution is -2.28. The number of piperidine rings is 1. The van der Waals surface area contributed by atoms with Crippen molar-refractivity contribution in [1.82, 2.24) is 9.88 Å². The zero-order valence-corrected chi connectivity index (χ0v) is 15.7. The van der Waals surface area contributed by atoms with Gasteiger partial charge in [-0.25, -0.2) is 0 Å². The molecule has 136 valence electrons. The fraction of sp³-hybridized carbons (Fsp3) is 0.364. The molecule has 3 aromatic rings. The molecule has 1 aromatic heterocycles. The van der Waals surface area contributed by atoms with Crippen LogP contribution in [-0.4, -0.2) is 17.7 Å². The molecule has 1 saturated heterocycles. The molecule has 0 aliphatic carbocycles. The number of para-hydroxylation sites is 1. The van der Waals surface area contributed by atoms with E-state index in [0.29, 0.717) is 6.61 Å². The Morgan fingerprint density at radius 2 is 1.81 bits per heavy atom. The van der Waals surface area contributed by atoms with E-state index in [-0.39, 0.29) is 0 Å². The van der Waals surface area contributed by atoms with E-state index < -0.39 is 0 Å². The molecule has 0 amide bonds. The Morgan fingerprint density at radius 3 is 2.62 bits per heavy atom. The van der Waals surface area contributed by atoms with Gasteiger partial charge in [-0.1, -0.05) is 29.8 Å². The van der Waals surface area contributed by atoms with E-state index in [1.54, 1.807) is 0 Å². The van der Waals surface area contributed by atoms with Crippen LogP contribution in [0.25, 0.3) is 10.9 Å². The summed E-state index contributed by atoms with van der Waals surface area (Å²) in [5.74, 6) is 1.67. The molecule has 4 heteroatoms. The summed E-state index contributed by atoms with van der Waals surface area (Å²) in [4.78, 5) is 0. The number of ether oxygens (including phenoxy) is 1. The molecular formula is C22H25ClN2O. The number of benzene rings is 2. The number of hydrogen-bond donors (Lipinski definition) is 1.